The first-order valence-electron chi connectivity index (χ1n) is 5.41. The zero-order chi connectivity index (χ0) is 13.8. The van der Waals surface area contributed by atoms with Crippen molar-refractivity contribution in [3.63, 3.8) is 0 Å². The van der Waals surface area contributed by atoms with Gasteiger partial charge in [0.05, 0.1) is 4.92 Å². The van der Waals surface area contributed by atoms with Gasteiger partial charge in [-0.1, -0.05) is 22.0 Å². The van der Waals surface area contributed by atoms with Gasteiger partial charge in [0.1, 0.15) is 18.1 Å². The molecule has 1 N–H and O–H groups in total. The van der Waals surface area contributed by atoms with E-state index >= 15 is 0 Å². The fourth-order valence-electron chi connectivity index (χ4n) is 1.50. The number of rotatable bonds is 4. The van der Waals surface area contributed by atoms with Crippen LogP contribution in [0.4, 0.5) is 5.69 Å². The highest BCUT2D eigenvalue weighted by Gasteiger charge is 2.09. The minimum Gasteiger partial charge on any atom is -0.508 e. The van der Waals surface area contributed by atoms with Gasteiger partial charge in [0.25, 0.3) is 5.69 Å². The first-order valence-corrected chi connectivity index (χ1v) is 6.20. The Hall–Kier alpha value is -2.08. The summed E-state index contributed by atoms with van der Waals surface area (Å²) in [5, 5.41) is 19.9. The number of phenols is 1. The van der Waals surface area contributed by atoms with Gasteiger partial charge >= 0.3 is 0 Å². The summed E-state index contributed by atoms with van der Waals surface area (Å²) in [5.74, 6) is 0.658. The van der Waals surface area contributed by atoms with Crippen molar-refractivity contribution >= 4 is 21.6 Å². The summed E-state index contributed by atoms with van der Waals surface area (Å²) in [6.07, 6.45) is 0. The molecule has 0 radical (unpaired) electrons. The SMILES string of the molecule is O=[N+]([O-])c1ccc(COc2cccc(O)c2)c(Br)c1. The smallest absolute Gasteiger partial charge is 0.270 e. The van der Waals surface area contributed by atoms with E-state index in [1.165, 1.54) is 18.2 Å². The van der Waals surface area contributed by atoms with Crippen LogP contribution in [0.25, 0.3) is 0 Å². The number of nitro benzene ring substituents is 1. The molecular weight excluding hydrogens is 314 g/mol. The second-order valence-electron chi connectivity index (χ2n) is 3.82. The Kier molecular flexibility index (Phi) is 4.01. The normalized spacial score (nSPS) is 10.2. The molecule has 0 heterocycles. The van der Waals surface area contributed by atoms with Gasteiger partial charge in [-0.3, -0.25) is 10.1 Å². The zero-order valence-corrected chi connectivity index (χ0v) is 11.3. The number of nitrogens with zero attached hydrogens (tertiary/aromatic N) is 1. The summed E-state index contributed by atoms with van der Waals surface area (Å²) >= 11 is 3.27. The molecular formula is C13H10BrNO4. The molecule has 2 aromatic rings. The largest absolute Gasteiger partial charge is 0.508 e. The lowest BCUT2D eigenvalue weighted by Gasteiger charge is -2.08. The van der Waals surface area contributed by atoms with Crippen LogP contribution in [0.15, 0.2) is 46.9 Å². The van der Waals surface area contributed by atoms with Crippen molar-refractivity contribution in [2.45, 2.75) is 6.61 Å². The van der Waals surface area contributed by atoms with Crippen LogP contribution in [0.3, 0.4) is 0 Å². The van der Waals surface area contributed by atoms with Gasteiger partial charge in [-0.05, 0) is 18.2 Å². The van der Waals surface area contributed by atoms with E-state index in [1.807, 2.05) is 0 Å². The molecule has 5 nitrogen and oxygen atoms in total. The second-order valence-corrected chi connectivity index (χ2v) is 4.67. The van der Waals surface area contributed by atoms with Crippen LogP contribution in [-0.2, 0) is 6.61 Å². The van der Waals surface area contributed by atoms with Gasteiger partial charge in [0, 0.05) is 28.2 Å². The van der Waals surface area contributed by atoms with Crippen LogP contribution in [0.2, 0.25) is 0 Å². The van der Waals surface area contributed by atoms with Crippen molar-refractivity contribution < 1.29 is 14.8 Å². The number of hydrogen-bond donors (Lipinski definition) is 1. The van der Waals surface area contributed by atoms with Gasteiger partial charge in [0.15, 0.2) is 0 Å². The van der Waals surface area contributed by atoms with Crippen LogP contribution in [0.1, 0.15) is 5.56 Å². The molecule has 0 fully saturated rings. The Labute approximate surface area is 117 Å². The molecule has 6 heteroatoms. The number of benzene rings is 2. The Bertz CT molecular complexity index is 615. The monoisotopic (exact) mass is 323 g/mol. The topological polar surface area (TPSA) is 72.6 Å². The highest BCUT2D eigenvalue weighted by Crippen LogP contribution is 2.25. The molecule has 19 heavy (non-hydrogen) atoms. The van der Waals surface area contributed by atoms with E-state index in [4.69, 9.17) is 4.74 Å². The first-order chi connectivity index (χ1) is 9.06. The number of hydrogen-bond acceptors (Lipinski definition) is 4. The second kappa shape index (κ2) is 5.71. The van der Waals surface area contributed by atoms with E-state index < -0.39 is 4.92 Å². The summed E-state index contributed by atoms with van der Waals surface area (Å²) in [6.45, 7) is 0.252. The predicted octanol–water partition coefficient (Wildman–Crippen LogP) is 3.64. The lowest BCUT2D eigenvalue weighted by atomic mass is 10.2. The van der Waals surface area contributed by atoms with E-state index in [1.54, 1.807) is 24.3 Å². The maximum atomic E-state index is 10.6. The Morgan fingerprint density at radius 2 is 2.05 bits per heavy atom. The standard InChI is InChI=1S/C13H10BrNO4/c14-13-6-10(15(17)18)5-4-9(13)8-19-12-3-1-2-11(16)7-12/h1-7,16H,8H2. The highest BCUT2D eigenvalue weighted by molar-refractivity contribution is 9.10. The van der Waals surface area contributed by atoms with Gasteiger partial charge in [-0.25, -0.2) is 0 Å². The number of aromatic hydroxyl groups is 1. The van der Waals surface area contributed by atoms with Crippen molar-refractivity contribution in [1.82, 2.24) is 0 Å². The zero-order valence-electron chi connectivity index (χ0n) is 9.75. The van der Waals surface area contributed by atoms with Gasteiger partial charge in [-0.2, -0.15) is 0 Å². The maximum Gasteiger partial charge on any atom is 0.270 e. The van der Waals surface area contributed by atoms with Crippen LogP contribution < -0.4 is 4.74 Å². The van der Waals surface area contributed by atoms with Gasteiger partial charge < -0.3 is 9.84 Å². The molecule has 0 amide bonds. The van der Waals surface area contributed by atoms with E-state index in [0.717, 1.165) is 5.56 Å². The van der Waals surface area contributed by atoms with Crippen LogP contribution in [0, 0.1) is 10.1 Å². The van der Waals surface area contributed by atoms with Gasteiger partial charge in [-0.15, -0.1) is 0 Å². The van der Waals surface area contributed by atoms with Gasteiger partial charge in [0.2, 0.25) is 0 Å². The third kappa shape index (κ3) is 3.45. The Balaban J connectivity index is 2.10. The van der Waals surface area contributed by atoms with E-state index in [-0.39, 0.29) is 18.0 Å². The lowest BCUT2D eigenvalue weighted by molar-refractivity contribution is -0.384. The molecule has 0 spiro atoms. The van der Waals surface area contributed by atoms with Crippen molar-refractivity contribution in [1.29, 1.82) is 0 Å². The number of ether oxygens (including phenoxy) is 1. The average molecular weight is 324 g/mol. The third-order valence-electron chi connectivity index (χ3n) is 2.46. The molecule has 0 saturated heterocycles. The van der Waals surface area contributed by atoms with Crippen molar-refractivity contribution in [2.24, 2.45) is 0 Å². The molecule has 0 aliphatic carbocycles. The summed E-state index contributed by atoms with van der Waals surface area (Å²) in [7, 11) is 0. The minimum atomic E-state index is -0.454. The summed E-state index contributed by atoms with van der Waals surface area (Å²) in [5.41, 5.74) is 0.807. The highest BCUT2D eigenvalue weighted by atomic mass is 79.9. The average Bonchev–Trinajstić information content (AvgIpc) is 2.37. The third-order valence-corrected chi connectivity index (χ3v) is 3.20. The number of halogens is 1. The molecule has 98 valence electrons. The number of phenolic OH excluding ortho intramolecular Hbond substituents is 1. The van der Waals surface area contributed by atoms with E-state index in [9.17, 15) is 15.2 Å². The molecule has 2 aromatic carbocycles. The summed E-state index contributed by atoms with van der Waals surface area (Å²) < 4.78 is 6.11. The Morgan fingerprint density at radius 1 is 1.26 bits per heavy atom. The molecule has 0 atom stereocenters. The van der Waals surface area contributed by atoms with E-state index in [0.29, 0.717) is 10.2 Å². The quantitative estimate of drug-likeness (QED) is 0.688. The molecule has 0 aliphatic rings. The fraction of sp³-hybridized carbons (Fsp3) is 0.0769. The number of nitro groups is 1. The first kappa shape index (κ1) is 13.4. The number of non-ortho nitro benzene ring substituents is 1. The molecule has 2 rings (SSSR count). The van der Waals surface area contributed by atoms with E-state index in [2.05, 4.69) is 15.9 Å². The molecule has 0 aromatic heterocycles. The molecule has 0 bridgehead atoms. The summed E-state index contributed by atoms with van der Waals surface area (Å²) in [6, 6.07) is 10.9. The Morgan fingerprint density at radius 3 is 2.68 bits per heavy atom. The fourth-order valence-corrected chi connectivity index (χ4v) is 1.98. The van der Waals surface area contributed by atoms with Crippen LogP contribution in [-0.4, -0.2) is 10.0 Å². The molecule has 0 saturated carbocycles. The predicted molar refractivity (Wildman–Crippen MR) is 73.2 cm³/mol. The lowest BCUT2D eigenvalue weighted by Crippen LogP contribution is -1.97. The van der Waals surface area contributed by atoms with Crippen LogP contribution >= 0.6 is 15.9 Å². The van der Waals surface area contributed by atoms with Crippen molar-refractivity contribution in [2.75, 3.05) is 0 Å². The van der Waals surface area contributed by atoms with Crippen LogP contribution in [0.5, 0.6) is 11.5 Å². The minimum absolute atomic E-state index is 0.0213. The molecule has 0 aliphatic heterocycles. The summed E-state index contributed by atoms with van der Waals surface area (Å²) in [4.78, 5) is 10.2. The van der Waals surface area contributed by atoms with Crippen molar-refractivity contribution in [3.8, 4) is 11.5 Å². The maximum absolute atomic E-state index is 10.6. The van der Waals surface area contributed by atoms with Crippen molar-refractivity contribution in [3.05, 3.63) is 62.6 Å². The molecule has 0 unspecified atom stereocenters.